The molecule has 5 nitrogen and oxygen atoms in total. The molecule has 0 saturated carbocycles. The van der Waals surface area contributed by atoms with Gasteiger partial charge in [0.1, 0.15) is 5.82 Å². The quantitative estimate of drug-likeness (QED) is 0.593. The van der Waals surface area contributed by atoms with E-state index in [9.17, 15) is 4.79 Å². The molecule has 8 heteroatoms. The fourth-order valence-corrected chi connectivity index (χ4v) is 3.64. The zero-order valence-corrected chi connectivity index (χ0v) is 16.3. The number of carbonyl (C=O) groups excluding carboxylic acids is 1. The molecule has 26 heavy (non-hydrogen) atoms. The lowest BCUT2D eigenvalue weighted by Gasteiger charge is -2.10. The van der Waals surface area contributed by atoms with Crippen molar-refractivity contribution in [3.63, 3.8) is 0 Å². The van der Waals surface area contributed by atoms with Crippen molar-refractivity contribution < 1.29 is 4.79 Å². The number of rotatable bonds is 6. The van der Waals surface area contributed by atoms with Crippen molar-refractivity contribution in [1.29, 1.82) is 0 Å². The molecular formula is C18H16Cl2N4OS. The van der Waals surface area contributed by atoms with Crippen LogP contribution in [0.4, 0.5) is 5.69 Å². The lowest BCUT2D eigenvalue weighted by molar-refractivity contribution is -0.113. The van der Waals surface area contributed by atoms with Crippen molar-refractivity contribution in [3.05, 3.63) is 64.4 Å². The fraction of sp³-hybridized carbons (Fsp3) is 0.167. The predicted octanol–water partition coefficient (Wildman–Crippen LogP) is 4.87. The van der Waals surface area contributed by atoms with E-state index < -0.39 is 0 Å². The van der Waals surface area contributed by atoms with Crippen molar-refractivity contribution >= 4 is 46.6 Å². The molecule has 134 valence electrons. The van der Waals surface area contributed by atoms with E-state index in [1.54, 1.807) is 18.2 Å². The average Bonchev–Trinajstić information content (AvgIpc) is 3.07. The molecule has 0 spiro atoms. The third kappa shape index (κ3) is 4.20. The minimum atomic E-state index is -0.217. The number of nitrogens with one attached hydrogen (secondary N) is 1. The summed E-state index contributed by atoms with van der Waals surface area (Å²) in [6, 6.07) is 14.9. The maximum absolute atomic E-state index is 12.3. The Kier molecular flexibility index (Phi) is 6.19. The zero-order chi connectivity index (χ0) is 18.5. The van der Waals surface area contributed by atoms with Crippen LogP contribution in [0.5, 0.6) is 0 Å². The summed E-state index contributed by atoms with van der Waals surface area (Å²) >= 11 is 13.5. The van der Waals surface area contributed by atoms with E-state index in [0.29, 0.717) is 20.9 Å². The van der Waals surface area contributed by atoms with E-state index in [1.165, 1.54) is 11.8 Å². The Bertz CT molecular complexity index is 895. The smallest absolute Gasteiger partial charge is 0.234 e. The van der Waals surface area contributed by atoms with E-state index in [2.05, 4.69) is 15.5 Å². The number of halogens is 2. The molecule has 0 unspecified atom stereocenters. The van der Waals surface area contributed by atoms with Gasteiger partial charge in [-0.1, -0.05) is 66.2 Å². The molecule has 0 aliphatic heterocycles. The monoisotopic (exact) mass is 406 g/mol. The van der Waals surface area contributed by atoms with Crippen LogP contribution in [0.2, 0.25) is 10.0 Å². The number of amides is 1. The number of para-hydroxylation sites is 2. The number of benzene rings is 2. The van der Waals surface area contributed by atoms with Crippen LogP contribution in [0, 0.1) is 0 Å². The molecular weight excluding hydrogens is 391 g/mol. The highest BCUT2D eigenvalue weighted by Gasteiger charge is 2.16. The van der Waals surface area contributed by atoms with Crippen LogP contribution in [0.25, 0.3) is 5.69 Å². The van der Waals surface area contributed by atoms with Gasteiger partial charge in [-0.3, -0.25) is 9.36 Å². The van der Waals surface area contributed by atoms with E-state index in [-0.39, 0.29) is 11.7 Å². The highest BCUT2D eigenvalue weighted by atomic mass is 35.5. The van der Waals surface area contributed by atoms with Crippen molar-refractivity contribution in [1.82, 2.24) is 14.8 Å². The largest absolute Gasteiger partial charge is 0.323 e. The van der Waals surface area contributed by atoms with Gasteiger partial charge < -0.3 is 5.32 Å². The highest BCUT2D eigenvalue weighted by molar-refractivity contribution is 7.99. The number of hydrogen-bond donors (Lipinski definition) is 1. The molecule has 1 heterocycles. The summed E-state index contributed by atoms with van der Waals surface area (Å²) in [5, 5.41) is 12.6. The van der Waals surface area contributed by atoms with Gasteiger partial charge in [-0.2, -0.15) is 0 Å². The van der Waals surface area contributed by atoms with Crippen molar-refractivity contribution in [2.75, 3.05) is 11.1 Å². The Morgan fingerprint density at radius 1 is 1.08 bits per heavy atom. The molecule has 3 rings (SSSR count). The lowest BCUT2D eigenvalue weighted by Crippen LogP contribution is -2.15. The minimum Gasteiger partial charge on any atom is -0.323 e. The Balaban J connectivity index is 1.74. The normalized spacial score (nSPS) is 10.7. The summed E-state index contributed by atoms with van der Waals surface area (Å²) in [7, 11) is 0. The first-order valence-electron chi connectivity index (χ1n) is 7.96. The van der Waals surface area contributed by atoms with Crippen LogP contribution in [0.15, 0.2) is 53.7 Å². The number of aromatic nitrogens is 3. The summed E-state index contributed by atoms with van der Waals surface area (Å²) in [4.78, 5) is 12.3. The summed E-state index contributed by atoms with van der Waals surface area (Å²) in [5.74, 6) is 0.787. The third-order valence-electron chi connectivity index (χ3n) is 3.59. The predicted molar refractivity (Wildman–Crippen MR) is 107 cm³/mol. The summed E-state index contributed by atoms with van der Waals surface area (Å²) in [6.07, 6.45) is 0.740. The number of carbonyl (C=O) groups is 1. The van der Waals surface area contributed by atoms with Crippen LogP contribution < -0.4 is 5.32 Å². The van der Waals surface area contributed by atoms with E-state index in [0.717, 1.165) is 17.9 Å². The van der Waals surface area contributed by atoms with E-state index in [4.69, 9.17) is 23.2 Å². The topological polar surface area (TPSA) is 59.8 Å². The molecule has 0 fully saturated rings. The van der Waals surface area contributed by atoms with Gasteiger partial charge in [0.05, 0.1) is 21.5 Å². The highest BCUT2D eigenvalue weighted by Crippen LogP contribution is 2.30. The average molecular weight is 407 g/mol. The van der Waals surface area contributed by atoms with Crippen molar-refractivity contribution in [2.24, 2.45) is 0 Å². The van der Waals surface area contributed by atoms with E-state index in [1.807, 2.05) is 41.8 Å². The second-order valence-corrected chi connectivity index (χ2v) is 7.11. The van der Waals surface area contributed by atoms with Gasteiger partial charge in [-0.15, -0.1) is 10.2 Å². The van der Waals surface area contributed by atoms with Crippen LogP contribution in [0.3, 0.4) is 0 Å². The second kappa shape index (κ2) is 8.58. The number of anilines is 1. The molecule has 1 N–H and O–H groups in total. The van der Waals surface area contributed by atoms with Crippen LogP contribution in [0.1, 0.15) is 12.7 Å². The second-order valence-electron chi connectivity index (χ2n) is 5.36. The number of hydrogen-bond acceptors (Lipinski definition) is 4. The molecule has 0 aliphatic rings. The maximum atomic E-state index is 12.3. The summed E-state index contributed by atoms with van der Waals surface area (Å²) < 4.78 is 1.96. The van der Waals surface area contributed by atoms with Gasteiger partial charge in [0.2, 0.25) is 5.91 Å². The van der Waals surface area contributed by atoms with Crippen molar-refractivity contribution in [2.45, 2.75) is 18.5 Å². The lowest BCUT2D eigenvalue weighted by atomic mass is 10.3. The van der Waals surface area contributed by atoms with Gasteiger partial charge in [0.25, 0.3) is 0 Å². The Morgan fingerprint density at radius 2 is 1.77 bits per heavy atom. The molecule has 1 amide bonds. The standard InChI is InChI=1S/C18H16Cl2N4OS/c1-2-15-22-23-18(24(15)12-7-4-3-5-8-12)26-11-16(25)21-17-13(19)9-6-10-14(17)20/h3-10H,2,11H2,1H3,(H,21,25). The van der Waals surface area contributed by atoms with Gasteiger partial charge in [-0.05, 0) is 24.3 Å². The molecule has 0 radical (unpaired) electrons. The Labute approximate surface area is 165 Å². The van der Waals surface area contributed by atoms with Crippen LogP contribution >= 0.6 is 35.0 Å². The third-order valence-corrected chi connectivity index (χ3v) is 5.15. The number of thioether (sulfide) groups is 1. The molecule has 2 aromatic carbocycles. The fourth-order valence-electron chi connectivity index (χ4n) is 2.38. The molecule has 0 bridgehead atoms. The first-order valence-corrected chi connectivity index (χ1v) is 9.70. The van der Waals surface area contributed by atoms with Crippen molar-refractivity contribution in [3.8, 4) is 5.69 Å². The van der Waals surface area contributed by atoms with Gasteiger partial charge in [0, 0.05) is 12.1 Å². The number of nitrogens with zero attached hydrogens (tertiary/aromatic N) is 3. The SMILES string of the molecule is CCc1nnc(SCC(=O)Nc2c(Cl)cccc2Cl)n1-c1ccccc1. The summed E-state index contributed by atoms with van der Waals surface area (Å²) in [5.41, 5.74) is 1.38. The van der Waals surface area contributed by atoms with Gasteiger partial charge in [-0.25, -0.2) is 0 Å². The Morgan fingerprint density at radius 3 is 2.42 bits per heavy atom. The molecule has 1 aromatic heterocycles. The van der Waals surface area contributed by atoms with Crippen LogP contribution in [-0.2, 0) is 11.2 Å². The summed E-state index contributed by atoms with van der Waals surface area (Å²) in [6.45, 7) is 2.02. The van der Waals surface area contributed by atoms with Crippen LogP contribution in [-0.4, -0.2) is 26.4 Å². The minimum absolute atomic E-state index is 0.163. The van der Waals surface area contributed by atoms with Gasteiger partial charge >= 0.3 is 0 Å². The molecule has 0 atom stereocenters. The zero-order valence-electron chi connectivity index (χ0n) is 13.9. The Hall–Kier alpha value is -2.02. The first-order chi connectivity index (χ1) is 12.6. The van der Waals surface area contributed by atoms with Gasteiger partial charge in [0.15, 0.2) is 5.16 Å². The molecule has 0 saturated heterocycles. The maximum Gasteiger partial charge on any atom is 0.234 e. The first kappa shape index (κ1) is 18.8. The van der Waals surface area contributed by atoms with E-state index >= 15 is 0 Å². The molecule has 0 aliphatic carbocycles. The molecule has 3 aromatic rings. The number of aryl methyl sites for hydroxylation is 1.